The van der Waals surface area contributed by atoms with E-state index >= 15 is 0 Å². The molecule has 1 aliphatic rings. The Hall–Kier alpha value is -2.04. The molecule has 2 aromatic rings. The summed E-state index contributed by atoms with van der Waals surface area (Å²) in [7, 11) is 0. The van der Waals surface area contributed by atoms with E-state index in [-0.39, 0.29) is 29.2 Å². The van der Waals surface area contributed by atoms with Crippen molar-refractivity contribution in [2.24, 2.45) is 22.7 Å². The van der Waals surface area contributed by atoms with Crippen LogP contribution in [0.15, 0.2) is 36.4 Å². The van der Waals surface area contributed by atoms with E-state index in [1.807, 2.05) is 22.9 Å². The fourth-order valence-corrected chi connectivity index (χ4v) is 6.16. The Morgan fingerprint density at radius 1 is 1.06 bits per heavy atom. The second kappa shape index (κ2) is 11.6. The van der Waals surface area contributed by atoms with Crippen LogP contribution in [0.3, 0.4) is 0 Å². The summed E-state index contributed by atoms with van der Waals surface area (Å²) >= 11 is 0. The molecule has 1 N–H and O–H groups in total. The van der Waals surface area contributed by atoms with Crippen LogP contribution in [-0.4, -0.2) is 28.3 Å². The highest BCUT2D eigenvalue weighted by atomic mass is 16.2. The first-order valence-electron chi connectivity index (χ1n) is 14.3. The molecular weight excluding hydrogens is 441 g/mol. The Morgan fingerprint density at radius 3 is 2.22 bits per heavy atom. The van der Waals surface area contributed by atoms with Crippen molar-refractivity contribution in [2.45, 2.75) is 113 Å². The maximum absolute atomic E-state index is 13.5. The fourth-order valence-electron chi connectivity index (χ4n) is 6.16. The van der Waals surface area contributed by atoms with Gasteiger partial charge in [0, 0.05) is 23.1 Å². The van der Waals surface area contributed by atoms with Crippen molar-refractivity contribution < 1.29 is 4.79 Å². The normalized spacial score (nSPS) is 19.3. The van der Waals surface area contributed by atoms with E-state index in [1.165, 1.54) is 6.42 Å². The summed E-state index contributed by atoms with van der Waals surface area (Å²) in [5.41, 5.74) is 3.77. The number of hydrogen-bond donors (Lipinski definition) is 1. The Balaban J connectivity index is 1.84. The predicted octanol–water partition coefficient (Wildman–Crippen LogP) is 7.72. The van der Waals surface area contributed by atoms with Crippen LogP contribution in [0.4, 0.5) is 0 Å². The molecule has 3 rings (SSSR count). The van der Waals surface area contributed by atoms with Gasteiger partial charge >= 0.3 is 0 Å². The summed E-state index contributed by atoms with van der Waals surface area (Å²) in [6.45, 7) is 21.7. The third-order valence-corrected chi connectivity index (χ3v) is 9.26. The smallest absolute Gasteiger partial charge is 0.241 e. The summed E-state index contributed by atoms with van der Waals surface area (Å²) in [6, 6.07) is 12.5. The van der Waals surface area contributed by atoms with Crippen LogP contribution < -0.4 is 5.32 Å². The molecule has 1 aliphatic heterocycles. The van der Waals surface area contributed by atoms with Crippen LogP contribution in [0.25, 0.3) is 11.3 Å². The molecule has 0 aliphatic carbocycles. The molecule has 1 aromatic heterocycles. The lowest BCUT2D eigenvalue weighted by atomic mass is 9.40. The SMILES string of the molecule is CCC[C@H](C)[C@@H](C)c1cc(-c2ccccc2)nn1CC(=O)N[C@@H](CC(C)C)B1CC(C)(C)C(C)(C)C1. The lowest BCUT2D eigenvalue weighted by molar-refractivity contribution is -0.122. The zero-order chi connectivity index (χ0) is 26.7. The van der Waals surface area contributed by atoms with Gasteiger partial charge in [0.05, 0.1) is 5.69 Å². The van der Waals surface area contributed by atoms with E-state index in [1.54, 1.807) is 0 Å². The van der Waals surface area contributed by atoms with Gasteiger partial charge in [-0.05, 0) is 35.2 Å². The van der Waals surface area contributed by atoms with Crippen molar-refractivity contribution in [2.75, 3.05) is 0 Å². The molecule has 0 unspecified atom stereocenters. The fraction of sp³-hybridized carbons (Fsp3) is 0.677. The summed E-state index contributed by atoms with van der Waals surface area (Å²) in [5.74, 6) is 1.71. The molecule has 1 fully saturated rings. The van der Waals surface area contributed by atoms with Crippen molar-refractivity contribution in [3.63, 3.8) is 0 Å². The molecule has 198 valence electrons. The minimum Gasteiger partial charge on any atom is -0.359 e. The van der Waals surface area contributed by atoms with Gasteiger partial charge in [-0.1, -0.05) is 118 Å². The van der Waals surface area contributed by atoms with Gasteiger partial charge in [0.2, 0.25) is 5.91 Å². The molecule has 0 bridgehead atoms. The van der Waals surface area contributed by atoms with Crippen LogP contribution in [0.2, 0.25) is 12.6 Å². The minimum atomic E-state index is 0.0856. The molecular formula is C31H50BN3O. The maximum atomic E-state index is 13.5. The van der Waals surface area contributed by atoms with Crippen LogP contribution in [0, 0.1) is 22.7 Å². The van der Waals surface area contributed by atoms with Crippen LogP contribution in [-0.2, 0) is 11.3 Å². The molecule has 36 heavy (non-hydrogen) atoms. The minimum absolute atomic E-state index is 0.0856. The quantitative estimate of drug-likeness (QED) is 0.327. The largest absolute Gasteiger partial charge is 0.359 e. The number of nitrogens with one attached hydrogen (secondary N) is 1. The average molecular weight is 492 g/mol. The van der Waals surface area contributed by atoms with Crippen molar-refractivity contribution in [3.05, 3.63) is 42.1 Å². The highest BCUT2D eigenvalue weighted by Gasteiger charge is 2.50. The van der Waals surface area contributed by atoms with Crippen molar-refractivity contribution in [3.8, 4) is 11.3 Å². The monoisotopic (exact) mass is 491 g/mol. The van der Waals surface area contributed by atoms with Gasteiger partial charge < -0.3 is 5.32 Å². The van der Waals surface area contributed by atoms with Crippen LogP contribution in [0.5, 0.6) is 0 Å². The van der Waals surface area contributed by atoms with Crippen LogP contribution >= 0.6 is 0 Å². The van der Waals surface area contributed by atoms with E-state index in [2.05, 4.69) is 85.8 Å². The summed E-state index contributed by atoms with van der Waals surface area (Å²) in [5, 5.41) is 8.44. The van der Waals surface area contributed by atoms with E-state index in [9.17, 15) is 4.79 Å². The molecule has 0 spiro atoms. The lowest BCUT2D eigenvalue weighted by Crippen LogP contribution is -2.47. The molecule has 0 saturated carbocycles. The van der Waals surface area contributed by atoms with E-state index in [0.29, 0.717) is 24.5 Å². The number of aromatic nitrogens is 2. The highest BCUT2D eigenvalue weighted by molar-refractivity contribution is 6.62. The van der Waals surface area contributed by atoms with E-state index < -0.39 is 0 Å². The zero-order valence-corrected chi connectivity index (χ0v) is 24.4. The van der Waals surface area contributed by atoms with Gasteiger partial charge in [0.15, 0.2) is 6.71 Å². The average Bonchev–Trinajstić information content (AvgIpc) is 3.30. The van der Waals surface area contributed by atoms with Gasteiger partial charge in [0.25, 0.3) is 0 Å². The van der Waals surface area contributed by atoms with Gasteiger partial charge in [-0.25, -0.2) is 0 Å². The molecule has 0 radical (unpaired) electrons. The first-order valence-corrected chi connectivity index (χ1v) is 14.3. The molecule has 5 heteroatoms. The molecule has 1 saturated heterocycles. The second-order valence-electron chi connectivity index (χ2n) is 13.3. The molecule has 4 nitrogen and oxygen atoms in total. The topological polar surface area (TPSA) is 46.9 Å². The Labute approximate surface area is 221 Å². The van der Waals surface area contributed by atoms with Gasteiger partial charge in [-0.3, -0.25) is 9.48 Å². The number of amides is 1. The molecule has 1 aromatic carbocycles. The number of benzene rings is 1. The van der Waals surface area contributed by atoms with Gasteiger partial charge in [-0.2, -0.15) is 5.10 Å². The first kappa shape index (κ1) is 28.5. The van der Waals surface area contributed by atoms with Crippen LogP contribution in [0.1, 0.15) is 93.2 Å². The van der Waals surface area contributed by atoms with Crippen molar-refractivity contribution in [1.29, 1.82) is 0 Å². The van der Waals surface area contributed by atoms with Gasteiger partial charge in [-0.15, -0.1) is 0 Å². The number of nitrogens with zero attached hydrogens (tertiary/aromatic N) is 2. The zero-order valence-electron chi connectivity index (χ0n) is 24.4. The third-order valence-electron chi connectivity index (χ3n) is 9.26. The summed E-state index contributed by atoms with van der Waals surface area (Å²) in [4.78, 5) is 13.5. The van der Waals surface area contributed by atoms with Crippen molar-refractivity contribution in [1.82, 2.24) is 15.1 Å². The van der Waals surface area contributed by atoms with Crippen molar-refractivity contribution >= 4 is 12.6 Å². The lowest BCUT2D eigenvalue weighted by Gasteiger charge is -2.35. The Kier molecular flexibility index (Phi) is 9.17. The Bertz CT molecular complexity index is 979. The summed E-state index contributed by atoms with van der Waals surface area (Å²) < 4.78 is 1.98. The number of hydrogen-bond acceptors (Lipinski definition) is 2. The predicted molar refractivity (Wildman–Crippen MR) is 154 cm³/mol. The molecule has 3 atom stereocenters. The number of rotatable bonds is 11. The number of carbonyl (C=O) groups excluding carboxylic acids is 1. The maximum Gasteiger partial charge on any atom is 0.241 e. The highest BCUT2D eigenvalue weighted by Crippen LogP contribution is 2.53. The second-order valence-corrected chi connectivity index (χ2v) is 13.3. The van der Waals surface area contributed by atoms with E-state index in [0.717, 1.165) is 42.4 Å². The van der Waals surface area contributed by atoms with E-state index in [4.69, 9.17) is 5.10 Å². The van der Waals surface area contributed by atoms with Gasteiger partial charge in [0.1, 0.15) is 6.54 Å². The summed E-state index contributed by atoms with van der Waals surface area (Å²) in [6.07, 6.45) is 5.68. The third kappa shape index (κ3) is 6.64. The molecule has 2 heterocycles. The Morgan fingerprint density at radius 2 is 1.67 bits per heavy atom. The number of carbonyl (C=O) groups is 1. The standard InChI is InChI=1S/C31H50BN3O/c1-10-14-23(4)24(5)27-18-26(25-15-12-11-13-16-25)34-35(27)19-29(36)33-28(17-22(2)3)32-20-30(6,7)31(8,9)21-32/h11-13,15-16,18,22-24,28H,10,14,17,19-21H2,1-9H3,(H,33,36)/t23-,24+,28-/m0/s1. The first-order chi connectivity index (χ1) is 16.8. The molecule has 1 amide bonds.